The summed E-state index contributed by atoms with van der Waals surface area (Å²) in [6, 6.07) is 2.72. The van der Waals surface area contributed by atoms with Crippen LogP contribution in [-0.4, -0.2) is 88.3 Å². The summed E-state index contributed by atoms with van der Waals surface area (Å²) in [6.45, 7) is 5.13. The third kappa shape index (κ3) is 5.96. The normalized spacial score (nSPS) is 23.3. The number of hydrogen-bond acceptors (Lipinski definition) is 9. The molecule has 14 heteroatoms. The van der Waals surface area contributed by atoms with E-state index < -0.39 is 59.5 Å². The second-order valence-electron chi connectivity index (χ2n) is 11.9. The van der Waals surface area contributed by atoms with Gasteiger partial charge < -0.3 is 20.1 Å². The SMILES string of the molecule is CCOC(=O)C1=C(CN2CC(F)(F)C3CN(C(=O)CC(C)(C)C(=O)O)CC32)NC(c2nccs2)=NC1c1cccc(F)c1C. The van der Waals surface area contributed by atoms with Crippen LogP contribution in [0.1, 0.15) is 49.4 Å². The lowest BCUT2D eigenvalue weighted by Gasteiger charge is -2.32. The minimum Gasteiger partial charge on any atom is -0.481 e. The number of aromatic nitrogens is 1. The Morgan fingerprint density at radius 3 is 2.66 bits per heavy atom. The van der Waals surface area contributed by atoms with Crippen LogP contribution in [-0.2, 0) is 19.1 Å². The van der Waals surface area contributed by atoms with E-state index in [1.165, 1.54) is 47.1 Å². The van der Waals surface area contributed by atoms with Gasteiger partial charge in [0.25, 0.3) is 5.92 Å². The molecule has 3 aliphatic heterocycles. The Morgan fingerprint density at radius 1 is 1.25 bits per heavy atom. The summed E-state index contributed by atoms with van der Waals surface area (Å²) in [6.07, 6.45) is 1.26. The number of likely N-dealkylation sites (tertiary alicyclic amines) is 2. The highest BCUT2D eigenvalue weighted by atomic mass is 32.1. The van der Waals surface area contributed by atoms with Gasteiger partial charge in [0.1, 0.15) is 11.9 Å². The Morgan fingerprint density at radius 2 is 2.00 bits per heavy atom. The monoisotopic (exact) mass is 633 g/mol. The van der Waals surface area contributed by atoms with Gasteiger partial charge in [0.15, 0.2) is 10.8 Å². The predicted molar refractivity (Wildman–Crippen MR) is 156 cm³/mol. The molecule has 0 spiro atoms. The van der Waals surface area contributed by atoms with Crippen LogP contribution in [0.5, 0.6) is 0 Å². The maximum absolute atomic E-state index is 15.4. The van der Waals surface area contributed by atoms with Crippen LogP contribution in [0.15, 0.2) is 46.0 Å². The molecule has 0 bridgehead atoms. The molecule has 0 radical (unpaired) electrons. The fourth-order valence-electron chi connectivity index (χ4n) is 5.99. The number of benzene rings is 1. The van der Waals surface area contributed by atoms with E-state index in [9.17, 15) is 23.9 Å². The minimum absolute atomic E-state index is 0.0172. The van der Waals surface area contributed by atoms with Crippen molar-refractivity contribution in [3.63, 3.8) is 0 Å². The molecule has 3 atom stereocenters. The minimum atomic E-state index is -3.15. The molecule has 1 amide bonds. The number of fused-ring (bicyclic) bond motifs is 1. The van der Waals surface area contributed by atoms with Gasteiger partial charge in [-0.15, -0.1) is 11.3 Å². The number of alkyl halides is 2. The number of aliphatic carboxylic acids is 1. The van der Waals surface area contributed by atoms with Crippen molar-refractivity contribution in [3.05, 3.63) is 63.0 Å². The number of rotatable bonds is 9. The molecule has 4 heterocycles. The molecular weight excluding hydrogens is 599 g/mol. The van der Waals surface area contributed by atoms with Crippen LogP contribution in [0, 0.1) is 24.1 Å². The van der Waals surface area contributed by atoms with E-state index >= 15 is 8.78 Å². The molecule has 2 saturated heterocycles. The van der Waals surface area contributed by atoms with E-state index in [1.807, 2.05) is 0 Å². The average molecular weight is 634 g/mol. The fourth-order valence-corrected chi connectivity index (χ4v) is 6.57. The van der Waals surface area contributed by atoms with E-state index in [0.717, 1.165) is 0 Å². The van der Waals surface area contributed by atoms with Crippen LogP contribution in [0.2, 0.25) is 0 Å². The summed E-state index contributed by atoms with van der Waals surface area (Å²) in [5, 5.41) is 14.8. The van der Waals surface area contributed by atoms with E-state index in [-0.39, 0.29) is 49.5 Å². The Bertz CT molecular complexity index is 1530. The van der Waals surface area contributed by atoms with Crippen LogP contribution >= 0.6 is 11.3 Å². The number of halogens is 3. The number of carboxylic acids is 1. The van der Waals surface area contributed by atoms with Gasteiger partial charge in [-0.3, -0.25) is 19.5 Å². The van der Waals surface area contributed by atoms with Crippen molar-refractivity contribution < 1.29 is 37.4 Å². The number of carboxylic acid groups (broad SMARTS) is 1. The molecule has 3 unspecified atom stereocenters. The van der Waals surface area contributed by atoms with Gasteiger partial charge in [0, 0.05) is 49.4 Å². The van der Waals surface area contributed by atoms with Crippen LogP contribution < -0.4 is 5.32 Å². The van der Waals surface area contributed by atoms with Gasteiger partial charge in [-0.05, 0) is 44.9 Å². The second-order valence-corrected chi connectivity index (χ2v) is 12.8. The molecule has 10 nitrogen and oxygen atoms in total. The fraction of sp³-hybridized carbons (Fsp3) is 0.500. The molecule has 0 saturated carbocycles. The topological polar surface area (TPSA) is 124 Å². The van der Waals surface area contributed by atoms with E-state index in [1.54, 1.807) is 31.5 Å². The summed E-state index contributed by atoms with van der Waals surface area (Å²) in [4.78, 5) is 50.0. The third-order valence-electron chi connectivity index (χ3n) is 8.46. The molecule has 2 aromatic rings. The van der Waals surface area contributed by atoms with Crippen molar-refractivity contribution in [1.29, 1.82) is 0 Å². The highest BCUT2D eigenvalue weighted by Gasteiger charge is 2.59. The first-order chi connectivity index (χ1) is 20.7. The lowest BCUT2D eigenvalue weighted by atomic mass is 9.89. The Balaban J connectivity index is 1.52. The molecule has 1 aromatic carbocycles. The molecule has 44 heavy (non-hydrogen) atoms. The number of thiazole rings is 1. The Kier molecular flexibility index (Phi) is 8.60. The number of esters is 1. The summed E-state index contributed by atoms with van der Waals surface area (Å²) < 4.78 is 51.0. The quantitative estimate of drug-likeness (QED) is 0.400. The van der Waals surface area contributed by atoms with Crippen molar-refractivity contribution >= 4 is 35.0 Å². The van der Waals surface area contributed by atoms with Gasteiger partial charge >= 0.3 is 11.9 Å². The van der Waals surface area contributed by atoms with Crippen molar-refractivity contribution in [2.45, 2.75) is 52.1 Å². The van der Waals surface area contributed by atoms with Gasteiger partial charge in [0.2, 0.25) is 5.91 Å². The zero-order chi connectivity index (χ0) is 32.0. The first kappa shape index (κ1) is 31.6. The second kappa shape index (κ2) is 12.0. The number of ether oxygens (including phenoxy) is 1. The van der Waals surface area contributed by atoms with E-state index in [4.69, 9.17) is 9.73 Å². The molecule has 3 aliphatic rings. The Hall–Kier alpha value is -3.78. The summed E-state index contributed by atoms with van der Waals surface area (Å²) in [5.74, 6) is -6.88. The molecule has 5 rings (SSSR count). The lowest BCUT2D eigenvalue weighted by Crippen LogP contribution is -2.44. The molecular formula is C30H34F3N5O5S. The average Bonchev–Trinajstić information content (AvgIpc) is 3.69. The van der Waals surface area contributed by atoms with Crippen molar-refractivity contribution in [1.82, 2.24) is 20.1 Å². The number of amides is 1. The zero-order valence-electron chi connectivity index (χ0n) is 24.8. The third-order valence-corrected chi connectivity index (χ3v) is 9.24. The van der Waals surface area contributed by atoms with Crippen LogP contribution in [0.25, 0.3) is 0 Å². The number of nitrogens with one attached hydrogen (secondary N) is 1. The number of carbonyl (C=O) groups is 3. The van der Waals surface area contributed by atoms with Gasteiger partial charge in [0.05, 0.1) is 30.1 Å². The van der Waals surface area contributed by atoms with Crippen molar-refractivity contribution in [2.24, 2.45) is 16.3 Å². The maximum Gasteiger partial charge on any atom is 0.338 e. The molecule has 236 valence electrons. The highest BCUT2D eigenvalue weighted by Crippen LogP contribution is 2.44. The predicted octanol–water partition coefficient (Wildman–Crippen LogP) is 3.78. The summed E-state index contributed by atoms with van der Waals surface area (Å²) >= 11 is 1.29. The highest BCUT2D eigenvalue weighted by molar-refractivity contribution is 7.11. The number of carbonyl (C=O) groups excluding carboxylic acids is 2. The summed E-state index contributed by atoms with van der Waals surface area (Å²) in [5.41, 5.74) is -0.306. The number of amidine groups is 1. The largest absolute Gasteiger partial charge is 0.481 e. The Labute approximate surface area is 256 Å². The molecule has 1 aromatic heterocycles. The van der Waals surface area contributed by atoms with Gasteiger partial charge in [-0.25, -0.2) is 22.9 Å². The zero-order valence-corrected chi connectivity index (χ0v) is 25.6. The van der Waals surface area contributed by atoms with Crippen LogP contribution in [0.3, 0.4) is 0 Å². The number of nitrogens with zero attached hydrogens (tertiary/aromatic N) is 4. The van der Waals surface area contributed by atoms with E-state index in [2.05, 4.69) is 10.3 Å². The lowest BCUT2D eigenvalue weighted by molar-refractivity contribution is -0.151. The first-order valence-corrected chi connectivity index (χ1v) is 15.1. The van der Waals surface area contributed by atoms with Gasteiger partial charge in [-0.1, -0.05) is 12.1 Å². The van der Waals surface area contributed by atoms with Crippen molar-refractivity contribution in [2.75, 3.05) is 32.8 Å². The van der Waals surface area contributed by atoms with Crippen molar-refractivity contribution in [3.8, 4) is 0 Å². The number of aliphatic imine (C=N–C) groups is 1. The first-order valence-electron chi connectivity index (χ1n) is 14.3. The standard InChI is InChI=1S/C30H34F3N5O5S/c1-5-43-27(40)23-20(35-25(26-34-9-10-44-26)36-24(23)17-7-6-8-19(31)16(17)2)13-38-15-30(32,33)18-12-37(14-21(18)38)22(39)11-29(3,4)28(41)42/h6-10,18,21,24H,5,11-15H2,1-4H3,(H,35,36)(H,41,42). The smallest absolute Gasteiger partial charge is 0.338 e. The summed E-state index contributed by atoms with van der Waals surface area (Å²) in [7, 11) is 0. The maximum atomic E-state index is 15.4. The molecule has 2 N–H and O–H groups in total. The molecule has 2 fully saturated rings. The number of hydrogen-bond donors (Lipinski definition) is 2. The van der Waals surface area contributed by atoms with Crippen LogP contribution in [0.4, 0.5) is 13.2 Å². The molecule has 0 aliphatic carbocycles. The van der Waals surface area contributed by atoms with Gasteiger partial charge in [-0.2, -0.15) is 0 Å². The van der Waals surface area contributed by atoms with E-state index in [0.29, 0.717) is 16.4 Å².